The predicted molar refractivity (Wildman–Crippen MR) is 44.6 cm³/mol. The Morgan fingerprint density at radius 1 is 1.42 bits per heavy atom. The minimum absolute atomic E-state index is 0.0534. The van der Waals surface area contributed by atoms with E-state index >= 15 is 0 Å². The number of pyridine rings is 1. The number of hydrogen-bond donors (Lipinski definition) is 2. The van der Waals surface area contributed by atoms with Gasteiger partial charge in [0.25, 0.3) is 10.1 Å². The molecule has 0 amide bonds. The van der Waals surface area contributed by atoms with E-state index in [1.807, 2.05) is 0 Å². The maximum absolute atomic E-state index is 11.0. The molecule has 0 radical (unpaired) electrons. The van der Waals surface area contributed by atoms with Crippen molar-refractivity contribution in [2.24, 2.45) is 0 Å². The molecule has 0 unspecified atom stereocenters. The monoisotopic (exact) mass is 253 g/mol. The lowest BCUT2D eigenvalue weighted by molar-refractivity contribution is 0.482. The van der Waals surface area contributed by atoms with Gasteiger partial charge in [-0.15, -0.1) is 0 Å². The third kappa shape index (κ3) is 1.74. The highest BCUT2D eigenvalue weighted by Gasteiger charge is 2.15. The van der Waals surface area contributed by atoms with Crippen LogP contribution in [0.4, 0.5) is 0 Å². The summed E-state index contributed by atoms with van der Waals surface area (Å²) in [7, 11) is -4.43. The van der Waals surface area contributed by atoms with Gasteiger partial charge in [0.15, 0.2) is 4.90 Å². The zero-order chi connectivity index (χ0) is 9.35. The van der Waals surface area contributed by atoms with E-state index in [4.69, 9.17) is 4.55 Å². The van der Waals surface area contributed by atoms with Crippen molar-refractivity contribution in [3.63, 3.8) is 0 Å². The van der Waals surface area contributed by atoms with Crippen LogP contribution in [0.2, 0.25) is 0 Å². The molecule has 0 saturated heterocycles. The molecule has 66 valence electrons. The van der Waals surface area contributed by atoms with Crippen LogP contribution in [0.5, 0.6) is 0 Å². The van der Waals surface area contributed by atoms with E-state index in [1.165, 1.54) is 6.20 Å². The highest BCUT2D eigenvalue weighted by Crippen LogP contribution is 2.05. The molecule has 2 N–H and O–H groups in total. The highest BCUT2D eigenvalue weighted by atomic mass is 79.9. The van der Waals surface area contributed by atoms with E-state index in [0.29, 0.717) is 0 Å². The van der Waals surface area contributed by atoms with Gasteiger partial charge < -0.3 is 4.98 Å². The third-order valence-corrected chi connectivity index (χ3v) is 2.59. The van der Waals surface area contributed by atoms with Crippen LogP contribution in [0, 0.1) is 0 Å². The Morgan fingerprint density at radius 3 is 2.42 bits per heavy atom. The van der Waals surface area contributed by atoms with Gasteiger partial charge in [-0.25, -0.2) is 0 Å². The van der Waals surface area contributed by atoms with Crippen molar-refractivity contribution >= 4 is 26.0 Å². The molecule has 0 atom stereocenters. The van der Waals surface area contributed by atoms with E-state index < -0.39 is 20.4 Å². The quantitative estimate of drug-likeness (QED) is 0.709. The van der Waals surface area contributed by atoms with Crippen molar-refractivity contribution < 1.29 is 13.0 Å². The van der Waals surface area contributed by atoms with Crippen molar-refractivity contribution in [2.75, 3.05) is 0 Å². The summed E-state index contributed by atoms with van der Waals surface area (Å²) in [4.78, 5) is 12.7. The summed E-state index contributed by atoms with van der Waals surface area (Å²) in [6.07, 6.45) is 2.19. The summed E-state index contributed by atoms with van der Waals surface area (Å²) in [5.74, 6) is 0. The van der Waals surface area contributed by atoms with E-state index in [0.717, 1.165) is 6.20 Å². The molecule has 0 aliphatic carbocycles. The molecule has 0 saturated carbocycles. The number of hydrogen-bond acceptors (Lipinski definition) is 3. The summed E-state index contributed by atoms with van der Waals surface area (Å²) >= 11 is 2.82. The normalized spacial score (nSPS) is 11.5. The zero-order valence-corrected chi connectivity index (χ0v) is 8.02. The van der Waals surface area contributed by atoms with Crippen LogP contribution in [0.1, 0.15) is 0 Å². The predicted octanol–water partition coefficient (Wildman–Crippen LogP) is 0.384. The summed E-state index contributed by atoms with van der Waals surface area (Å²) in [6.45, 7) is 0. The second kappa shape index (κ2) is 3.00. The number of halogens is 1. The smallest absolute Gasteiger partial charge is 0.299 e. The van der Waals surface area contributed by atoms with Gasteiger partial charge in [0.1, 0.15) is 0 Å². The SMILES string of the molecule is O=c1c(Br)c[nH]cc1S(=O)(=O)O. The van der Waals surface area contributed by atoms with Crippen LogP contribution >= 0.6 is 15.9 Å². The Labute approximate surface area is 76.3 Å². The van der Waals surface area contributed by atoms with Crippen molar-refractivity contribution in [1.29, 1.82) is 0 Å². The van der Waals surface area contributed by atoms with Crippen LogP contribution < -0.4 is 5.43 Å². The van der Waals surface area contributed by atoms with Crippen molar-refractivity contribution in [3.8, 4) is 0 Å². The minimum Gasteiger partial charge on any atom is -0.365 e. The average Bonchev–Trinajstić information content (AvgIpc) is 1.92. The molecule has 0 aliphatic rings. The van der Waals surface area contributed by atoms with Crippen molar-refractivity contribution in [3.05, 3.63) is 27.1 Å². The van der Waals surface area contributed by atoms with Gasteiger partial charge in [-0.3, -0.25) is 9.35 Å². The zero-order valence-electron chi connectivity index (χ0n) is 5.61. The minimum atomic E-state index is -4.43. The first-order valence-electron chi connectivity index (χ1n) is 2.77. The first kappa shape index (κ1) is 9.43. The molecule has 1 aromatic heterocycles. The van der Waals surface area contributed by atoms with Crippen LogP contribution in [0.3, 0.4) is 0 Å². The first-order chi connectivity index (χ1) is 5.43. The number of rotatable bonds is 1. The maximum Gasteiger partial charge on any atom is 0.299 e. The lowest BCUT2D eigenvalue weighted by Crippen LogP contribution is -2.14. The van der Waals surface area contributed by atoms with Crippen LogP contribution in [-0.4, -0.2) is 18.0 Å². The summed E-state index contributed by atoms with van der Waals surface area (Å²) in [6, 6.07) is 0. The number of aromatic nitrogens is 1. The standard InChI is InChI=1S/C5H4BrNO4S/c6-3-1-7-2-4(5(3)8)12(9,10)11/h1-2H,(H,7,8)(H,9,10,11). The molecule has 0 spiro atoms. The topological polar surface area (TPSA) is 87.2 Å². The molecule has 1 aromatic rings. The molecule has 1 rings (SSSR count). The lowest BCUT2D eigenvalue weighted by atomic mass is 10.5. The molecule has 5 nitrogen and oxygen atoms in total. The number of aromatic amines is 1. The molecule has 0 aromatic carbocycles. The first-order valence-corrected chi connectivity index (χ1v) is 5.00. The summed E-state index contributed by atoms with van der Waals surface area (Å²) in [5, 5.41) is 0. The van der Waals surface area contributed by atoms with Crippen LogP contribution in [-0.2, 0) is 10.1 Å². The Balaban J connectivity index is 3.59. The van der Waals surface area contributed by atoms with Gasteiger partial charge in [-0.05, 0) is 15.9 Å². The Kier molecular flexibility index (Phi) is 2.36. The molecule has 1 heterocycles. The largest absolute Gasteiger partial charge is 0.365 e. The van der Waals surface area contributed by atoms with E-state index in [-0.39, 0.29) is 4.47 Å². The van der Waals surface area contributed by atoms with Gasteiger partial charge in [-0.1, -0.05) is 0 Å². The molecule has 12 heavy (non-hydrogen) atoms. The van der Waals surface area contributed by atoms with Gasteiger partial charge in [0.05, 0.1) is 4.47 Å². The van der Waals surface area contributed by atoms with E-state index in [1.54, 1.807) is 0 Å². The molecule has 0 fully saturated rings. The van der Waals surface area contributed by atoms with Gasteiger partial charge >= 0.3 is 0 Å². The number of nitrogens with one attached hydrogen (secondary N) is 1. The van der Waals surface area contributed by atoms with Gasteiger partial charge in [0.2, 0.25) is 5.43 Å². The third-order valence-electron chi connectivity index (χ3n) is 1.14. The van der Waals surface area contributed by atoms with E-state index in [2.05, 4.69) is 20.9 Å². The fourth-order valence-corrected chi connectivity index (χ4v) is 1.67. The van der Waals surface area contributed by atoms with Crippen LogP contribution in [0.15, 0.2) is 26.6 Å². The van der Waals surface area contributed by atoms with Gasteiger partial charge in [-0.2, -0.15) is 8.42 Å². The lowest BCUT2D eigenvalue weighted by Gasteiger charge is -1.94. The molecule has 7 heteroatoms. The average molecular weight is 254 g/mol. The Morgan fingerprint density at radius 2 is 2.00 bits per heavy atom. The Hall–Kier alpha value is -0.660. The second-order valence-corrected chi connectivity index (χ2v) is 4.22. The molecule has 0 bridgehead atoms. The van der Waals surface area contributed by atoms with E-state index in [9.17, 15) is 13.2 Å². The van der Waals surface area contributed by atoms with Crippen molar-refractivity contribution in [2.45, 2.75) is 4.90 Å². The molecular formula is C5H4BrNO4S. The molecular weight excluding hydrogens is 250 g/mol. The fraction of sp³-hybridized carbons (Fsp3) is 0. The Bertz CT molecular complexity index is 449. The highest BCUT2D eigenvalue weighted by molar-refractivity contribution is 9.10. The molecule has 0 aliphatic heterocycles. The maximum atomic E-state index is 11.0. The summed E-state index contributed by atoms with van der Waals surface area (Å²) in [5.41, 5.74) is -0.767. The fourth-order valence-electron chi connectivity index (χ4n) is 0.631. The summed E-state index contributed by atoms with van der Waals surface area (Å²) < 4.78 is 29.6. The van der Waals surface area contributed by atoms with Gasteiger partial charge in [0, 0.05) is 12.4 Å². The van der Waals surface area contributed by atoms with Crippen molar-refractivity contribution in [1.82, 2.24) is 4.98 Å². The van der Waals surface area contributed by atoms with Crippen LogP contribution in [0.25, 0.3) is 0 Å². The number of H-pyrrole nitrogens is 1. The second-order valence-electron chi connectivity index (χ2n) is 1.97.